The number of hydrogen-bond acceptors (Lipinski definition) is 1. The lowest BCUT2D eigenvalue weighted by molar-refractivity contribution is 0.0284. The van der Waals surface area contributed by atoms with Gasteiger partial charge >= 0.3 is 0 Å². The number of hydrogen-bond donors (Lipinski definition) is 0. The molecule has 1 aliphatic heterocycles. The minimum atomic E-state index is 0.416. The Balaban J connectivity index is 1.70. The van der Waals surface area contributed by atoms with Crippen molar-refractivity contribution in [3.63, 3.8) is 0 Å². The van der Waals surface area contributed by atoms with E-state index in [2.05, 4.69) is 43.0 Å². The quantitative estimate of drug-likeness (QED) is 0.780. The Morgan fingerprint density at radius 2 is 2.05 bits per heavy atom. The summed E-state index contributed by atoms with van der Waals surface area (Å²) in [5, 5.41) is 0. The summed E-state index contributed by atoms with van der Waals surface area (Å²) >= 11 is 0. The average Bonchev–Trinajstić information content (AvgIpc) is 3.21. The number of nitrogens with zero attached hydrogens (tertiary/aromatic N) is 1. The highest BCUT2D eigenvalue weighted by atomic mass is 15.2. The largest absolute Gasteiger partial charge is 0.299 e. The Kier molecular flexibility index (Phi) is 2.57. The lowest BCUT2D eigenvalue weighted by atomic mass is 9.59. The molecule has 19 heavy (non-hydrogen) atoms. The van der Waals surface area contributed by atoms with Gasteiger partial charge in [0, 0.05) is 12.6 Å². The van der Waals surface area contributed by atoms with Crippen molar-refractivity contribution in [3.8, 4) is 0 Å². The van der Waals surface area contributed by atoms with E-state index in [9.17, 15) is 0 Å². The molecule has 1 nitrogen and oxygen atoms in total. The molecule has 0 aromatic heterocycles. The van der Waals surface area contributed by atoms with Crippen LogP contribution in [0.2, 0.25) is 0 Å². The first-order valence-corrected chi connectivity index (χ1v) is 8.01. The van der Waals surface area contributed by atoms with E-state index in [1.165, 1.54) is 38.8 Å². The fourth-order valence-corrected chi connectivity index (χ4v) is 4.54. The van der Waals surface area contributed by atoms with Crippen molar-refractivity contribution in [1.29, 1.82) is 0 Å². The first-order valence-electron chi connectivity index (χ1n) is 8.01. The van der Waals surface area contributed by atoms with Crippen molar-refractivity contribution in [3.05, 3.63) is 35.4 Å². The first-order chi connectivity index (χ1) is 9.18. The Hall–Kier alpha value is -0.820. The van der Waals surface area contributed by atoms with E-state index in [0.29, 0.717) is 5.41 Å². The predicted octanol–water partition coefficient (Wildman–Crippen LogP) is 3.62. The summed E-state index contributed by atoms with van der Waals surface area (Å²) in [5.74, 6) is 1.82. The van der Waals surface area contributed by atoms with Gasteiger partial charge in [-0.05, 0) is 60.6 Å². The van der Waals surface area contributed by atoms with E-state index < -0.39 is 0 Å². The van der Waals surface area contributed by atoms with Gasteiger partial charge in [-0.2, -0.15) is 0 Å². The third-order valence-electron chi connectivity index (χ3n) is 6.22. The van der Waals surface area contributed by atoms with Crippen molar-refractivity contribution < 1.29 is 0 Å². The zero-order chi connectivity index (χ0) is 13.0. The zero-order valence-electron chi connectivity index (χ0n) is 12.2. The van der Waals surface area contributed by atoms with Gasteiger partial charge in [0.25, 0.3) is 0 Å². The van der Waals surface area contributed by atoms with Gasteiger partial charge in [-0.1, -0.05) is 38.1 Å². The lowest BCUT2D eigenvalue weighted by Gasteiger charge is -2.54. The maximum Gasteiger partial charge on any atom is 0.0170 e. The van der Waals surface area contributed by atoms with Gasteiger partial charge in [-0.3, -0.25) is 4.90 Å². The molecule has 1 saturated heterocycles. The summed E-state index contributed by atoms with van der Waals surface area (Å²) in [5.41, 5.74) is 3.68. The molecule has 2 bridgehead atoms. The van der Waals surface area contributed by atoms with Gasteiger partial charge in [0.05, 0.1) is 0 Å². The third-order valence-corrected chi connectivity index (χ3v) is 6.22. The van der Waals surface area contributed by atoms with Crippen LogP contribution in [0.25, 0.3) is 0 Å². The molecule has 1 heteroatoms. The fourth-order valence-electron chi connectivity index (χ4n) is 4.54. The number of likely N-dealkylation sites (tertiary alicyclic amines) is 1. The average molecular weight is 255 g/mol. The SMILES string of the molecule is CC1[C@@H]2Cc3ccccc3[C@@]1(C)CCN2CC1CC1. The monoisotopic (exact) mass is 255 g/mol. The van der Waals surface area contributed by atoms with Crippen molar-refractivity contribution in [2.24, 2.45) is 11.8 Å². The number of piperidine rings is 1. The molecule has 102 valence electrons. The smallest absolute Gasteiger partial charge is 0.0170 e. The maximum absolute atomic E-state index is 2.82. The van der Waals surface area contributed by atoms with Gasteiger partial charge < -0.3 is 0 Å². The van der Waals surface area contributed by atoms with Crippen molar-refractivity contribution in [1.82, 2.24) is 4.90 Å². The van der Waals surface area contributed by atoms with Crippen LogP contribution in [0.1, 0.15) is 44.2 Å². The molecule has 3 aliphatic rings. The van der Waals surface area contributed by atoms with E-state index in [0.717, 1.165) is 17.9 Å². The molecule has 2 aliphatic carbocycles. The van der Waals surface area contributed by atoms with Crippen LogP contribution < -0.4 is 0 Å². The zero-order valence-corrected chi connectivity index (χ0v) is 12.2. The van der Waals surface area contributed by atoms with Crippen LogP contribution in [0.5, 0.6) is 0 Å². The second-order valence-electron chi connectivity index (χ2n) is 7.32. The molecule has 3 atom stereocenters. The lowest BCUT2D eigenvalue weighted by Crippen LogP contribution is -2.58. The molecule has 1 aromatic carbocycles. The van der Waals surface area contributed by atoms with Gasteiger partial charge in [0.2, 0.25) is 0 Å². The Bertz CT molecular complexity index is 490. The highest BCUT2D eigenvalue weighted by Crippen LogP contribution is 2.49. The summed E-state index contributed by atoms with van der Waals surface area (Å²) in [6, 6.07) is 9.99. The fraction of sp³-hybridized carbons (Fsp3) is 0.667. The summed E-state index contributed by atoms with van der Waals surface area (Å²) in [6.45, 7) is 7.69. The molecule has 0 amide bonds. The normalized spacial score (nSPS) is 38.0. The Morgan fingerprint density at radius 1 is 1.26 bits per heavy atom. The summed E-state index contributed by atoms with van der Waals surface area (Å²) < 4.78 is 0. The molecule has 0 radical (unpaired) electrons. The molecule has 0 spiro atoms. The Morgan fingerprint density at radius 3 is 2.84 bits per heavy atom. The van der Waals surface area contributed by atoms with Crippen molar-refractivity contribution in [2.75, 3.05) is 13.1 Å². The van der Waals surface area contributed by atoms with E-state index in [1.54, 1.807) is 11.1 Å². The van der Waals surface area contributed by atoms with Crippen molar-refractivity contribution in [2.45, 2.75) is 51.0 Å². The topological polar surface area (TPSA) is 3.24 Å². The van der Waals surface area contributed by atoms with Crippen LogP contribution in [-0.4, -0.2) is 24.0 Å². The second kappa shape index (κ2) is 4.09. The first kappa shape index (κ1) is 12.0. The van der Waals surface area contributed by atoms with E-state index >= 15 is 0 Å². The van der Waals surface area contributed by atoms with Crippen molar-refractivity contribution >= 4 is 0 Å². The third kappa shape index (κ3) is 1.78. The Labute approximate surface area is 117 Å². The summed E-state index contributed by atoms with van der Waals surface area (Å²) in [6.07, 6.45) is 5.57. The van der Waals surface area contributed by atoms with Gasteiger partial charge in [-0.25, -0.2) is 0 Å². The molecule has 1 unspecified atom stereocenters. The van der Waals surface area contributed by atoms with Crippen LogP contribution >= 0.6 is 0 Å². The molecule has 0 N–H and O–H groups in total. The summed E-state index contributed by atoms with van der Waals surface area (Å²) in [7, 11) is 0. The minimum Gasteiger partial charge on any atom is -0.299 e. The number of fused-ring (bicyclic) bond motifs is 4. The van der Waals surface area contributed by atoms with Crippen LogP contribution in [0.3, 0.4) is 0 Å². The van der Waals surface area contributed by atoms with Gasteiger partial charge in [-0.15, -0.1) is 0 Å². The minimum absolute atomic E-state index is 0.416. The molecule has 1 aromatic rings. The van der Waals surface area contributed by atoms with Crippen LogP contribution in [-0.2, 0) is 11.8 Å². The van der Waals surface area contributed by atoms with E-state index in [4.69, 9.17) is 0 Å². The van der Waals surface area contributed by atoms with Crippen LogP contribution in [0.4, 0.5) is 0 Å². The van der Waals surface area contributed by atoms with E-state index in [-0.39, 0.29) is 0 Å². The molecule has 2 fully saturated rings. The molecule has 1 saturated carbocycles. The van der Waals surface area contributed by atoms with Crippen LogP contribution in [0.15, 0.2) is 24.3 Å². The molecule has 1 heterocycles. The maximum atomic E-state index is 2.82. The number of rotatable bonds is 2. The molecular weight excluding hydrogens is 230 g/mol. The van der Waals surface area contributed by atoms with Crippen LogP contribution in [0, 0.1) is 11.8 Å². The van der Waals surface area contributed by atoms with E-state index in [1.807, 2.05) is 0 Å². The second-order valence-corrected chi connectivity index (χ2v) is 7.32. The molecule has 4 rings (SSSR count). The summed E-state index contributed by atoms with van der Waals surface area (Å²) in [4.78, 5) is 2.82. The molecular formula is C18H25N. The van der Waals surface area contributed by atoms with Gasteiger partial charge in [0.15, 0.2) is 0 Å². The predicted molar refractivity (Wildman–Crippen MR) is 79.4 cm³/mol. The standard InChI is InChI=1S/C18H25N/c1-13-17-11-15-5-3-4-6-16(15)18(13,2)9-10-19(17)12-14-7-8-14/h3-6,13-14,17H,7-12H2,1-2H3/t13?,17-,18-/m0/s1. The highest BCUT2D eigenvalue weighted by Gasteiger charge is 2.48. The number of benzene rings is 1. The van der Waals surface area contributed by atoms with Gasteiger partial charge in [0.1, 0.15) is 0 Å². The highest BCUT2D eigenvalue weighted by molar-refractivity contribution is 5.39.